The molecule has 0 bridgehead atoms. The number of hydrogen-bond donors (Lipinski definition) is 2. The lowest BCUT2D eigenvalue weighted by molar-refractivity contribution is 0.746. The molecule has 2 aromatic heterocycles. The van der Waals surface area contributed by atoms with Gasteiger partial charge in [0.25, 0.3) is 0 Å². The SMILES string of the molecule is CCc1nn(C)cc1CNc1ccc(N)c2cccnc12. The maximum Gasteiger partial charge on any atom is 0.0953 e. The van der Waals surface area contributed by atoms with Crippen LogP contribution < -0.4 is 11.1 Å². The van der Waals surface area contributed by atoms with Crippen molar-refractivity contribution < 1.29 is 0 Å². The van der Waals surface area contributed by atoms with Gasteiger partial charge in [0.05, 0.1) is 16.9 Å². The van der Waals surface area contributed by atoms with E-state index in [0.29, 0.717) is 0 Å². The predicted octanol–water partition coefficient (Wildman–Crippen LogP) is 2.73. The molecule has 5 heteroatoms. The number of fused-ring (bicyclic) bond motifs is 1. The molecular formula is C16H19N5. The van der Waals surface area contributed by atoms with Gasteiger partial charge in [-0.15, -0.1) is 0 Å². The second-order valence-electron chi connectivity index (χ2n) is 5.08. The molecule has 21 heavy (non-hydrogen) atoms. The number of rotatable bonds is 4. The van der Waals surface area contributed by atoms with Crippen LogP contribution in [0.1, 0.15) is 18.2 Å². The Morgan fingerprint density at radius 1 is 1.29 bits per heavy atom. The summed E-state index contributed by atoms with van der Waals surface area (Å²) in [6.45, 7) is 2.85. The molecule has 0 radical (unpaired) electrons. The standard InChI is InChI=1S/C16H19N5/c1-3-14-11(10-21(2)20-14)9-19-15-7-6-13(17)12-5-4-8-18-16(12)15/h4-8,10,19H,3,9,17H2,1-2H3. The highest BCUT2D eigenvalue weighted by Crippen LogP contribution is 2.26. The Morgan fingerprint density at radius 3 is 2.95 bits per heavy atom. The van der Waals surface area contributed by atoms with Crippen molar-refractivity contribution in [1.82, 2.24) is 14.8 Å². The summed E-state index contributed by atoms with van der Waals surface area (Å²) in [6, 6.07) is 7.78. The van der Waals surface area contributed by atoms with E-state index in [1.165, 1.54) is 5.56 Å². The Bertz CT molecular complexity index is 775. The van der Waals surface area contributed by atoms with Gasteiger partial charge in [-0.3, -0.25) is 9.67 Å². The third-order valence-electron chi connectivity index (χ3n) is 3.60. The molecule has 0 spiro atoms. The Kier molecular flexibility index (Phi) is 3.48. The molecule has 5 nitrogen and oxygen atoms in total. The lowest BCUT2D eigenvalue weighted by Gasteiger charge is -2.10. The Balaban J connectivity index is 1.90. The number of benzene rings is 1. The van der Waals surface area contributed by atoms with Gasteiger partial charge in [0.15, 0.2) is 0 Å². The lowest BCUT2D eigenvalue weighted by Crippen LogP contribution is -2.03. The molecule has 3 aromatic rings. The fourth-order valence-corrected chi connectivity index (χ4v) is 2.56. The Morgan fingerprint density at radius 2 is 2.14 bits per heavy atom. The van der Waals surface area contributed by atoms with E-state index in [1.807, 2.05) is 36.0 Å². The minimum absolute atomic E-state index is 0.729. The first kappa shape index (κ1) is 13.4. The molecule has 0 aliphatic rings. The summed E-state index contributed by atoms with van der Waals surface area (Å²) < 4.78 is 1.86. The van der Waals surface area contributed by atoms with Crippen LogP contribution in [0.25, 0.3) is 10.9 Å². The summed E-state index contributed by atoms with van der Waals surface area (Å²) >= 11 is 0. The molecule has 0 saturated carbocycles. The van der Waals surface area contributed by atoms with Crippen LogP contribution >= 0.6 is 0 Å². The summed E-state index contributed by atoms with van der Waals surface area (Å²) in [5.41, 5.74) is 11.0. The van der Waals surface area contributed by atoms with Crippen molar-refractivity contribution in [2.45, 2.75) is 19.9 Å². The van der Waals surface area contributed by atoms with Crippen LogP contribution in [0.5, 0.6) is 0 Å². The first-order valence-electron chi connectivity index (χ1n) is 7.07. The molecule has 108 valence electrons. The number of nitrogen functional groups attached to an aromatic ring is 1. The summed E-state index contributed by atoms with van der Waals surface area (Å²) in [5.74, 6) is 0. The third kappa shape index (κ3) is 2.54. The zero-order valence-corrected chi connectivity index (χ0v) is 12.3. The van der Waals surface area contributed by atoms with Gasteiger partial charge < -0.3 is 11.1 Å². The predicted molar refractivity (Wildman–Crippen MR) is 86.1 cm³/mol. The van der Waals surface area contributed by atoms with Gasteiger partial charge in [0, 0.05) is 42.6 Å². The third-order valence-corrected chi connectivity index (χ3v) is 3.60. The van der Waals surface area contributed by atoms with Gasteiger partial charge in [0.2, 0.25) is 0 Å². The smallest absolute Gasteiger partial charge is 0.0953 e. The monoisotopic (exact) mass is 281 g/mol. The van der Waals surface area contributed by atoms with Crippen molar-refractivity contribution in [1.29, 1.82) is 0 Å². The maximum atomic E-state index is 6.00. The molecule has 3 N–H and O–H groups in total. The van der Waals surface area contributed by atoms with Crippen molar-refractivity contribution in [3.8, 4) is 0 Å². The highest BCUT2D eigenvalue weighted by Gasteiger charge is 2.08. The molecule has 0 saturated heterocycles. The average molecular weight is 281 g/mol. The number of aryl methyl sites for hydroxylation is 2. The van der Waals surface area contributed by atoms with Crippen LogP contribution in [0.2, 0.25) is 0 Å². The number of anilines is 2. The fraction of sp³-hybridized carbons (Fsp3) is 0.250. The molecule has 0 unspecified atom stereocenters. The Labute approximate surface area is 123 Å². The second kappa shape index (κ2) is 5.44. The van der Waals surface area contributed by atoms with Gasteiger partial charge in [-0.25, -0.2) is 0 Å². The van der Waals surface area contributed by atoms with Crippen LogP contribution in [0, 0.1) is 0 Å². The molecule has 0 atom stereocenters. The second-order valence-corrected chi connectivity index (χ2v) is 5.08. The van der Waals surface area contributed by atoms with Crippen molar-refractivity contribution in [3.05, 3.63) is 47.9 Å². The number of nitrogens with one attached hydrogen (secondary N) is 1. The van der Waals surface area contributed by atoms with E-state index in [1.54, 1.807) is 6.20 Å². The van der Waals surface area contributed by atoms with Gasteiger partial charge in [-0.1, -0.05) is 6.92 Å². The normalized spacial score (nSPS) is 11.0. The van der Waals surface area contributed by atoms with Crippen molar-refractivity contribution in [2.24, 2.45) is 7.05 Å². The topological polar surface area (TPSA) is 68.8 Å². The van der Waals surface area contributed by atoms with Crippen LogP contribution in [-0.4, -0.2) is 14.8 Å². The molecule has 3 rings (SSSR count). The van der Waals surface area contributed by atoms with Crippen LogP contribution in [0.3, 0.4) is 0 Å². The fourth-order valence-electron chi connectivity index (χ4n) is 2.56. The first-order chi connectivity index (χ1) is 10.2. The quantitative estimate of drug-likeness (QED) is 0.721. The number of pyridine rings is 1. The minimum atomic E-state index is 0.729. The lowest BCUT2D eigenvalue weighted by atomic mass is 10.1. The number of aromatic nitrogens is 3. The largest absolute Gasteiger partial charge is 0.398 e. The average Bonchev–Trinajstić information content (AvgIpc) is 2.87. The minimum Gasteiger partial charge on any atom is -0.398 e. The van der Waals surface area contributed by atoms with Gasteiger partial charge in [-0.2, -0.15) is 5.10 Å². The van der Waals surface area contributed by atoms with Crippen molar-refractivity contribution >= 4 is 22.3 Å². The first-order valence-corrected chi connectivity index (χ1v) is 7.07. The number of nitrogens with two attached hydrogens (primary N) is 1. The molecule has 0 aliphatic heterocycles. The summed E-state index contributed by atoms with van der Waals surface area (Å²) in [7, 11) is 1.95. The van der Waals surface area contributed by atoms with E-state index in [0.717, 1.165) is 40.9 Å². The highest BCUT2D eigenvalue weighted by atomic mass is 15.3. The van der Waals surface area contributed by atoms with E-state index in [2.05, 4.69) is 28.5 Å². The zero-order chi connectivity index (χ0) is 14.8. The molecule has 2 heterocycles. The molecular weight excluding hydrogens is 262 g/mol. The van der Waals surface area contributed by atoms with E-state index >= 15 is 0 Å². The summed E-state index contributed by atoms with van der Waals surface area (Å²) in [6.07, 6.45) is 4.77. The molecule has 1 aromatic carbocycles. The van der Waals surface area contributed by atoms with Crippen LogP contribution in [-0.2, 0) is 20.0 Å². The maximum absolute atomic E-state index is 6.00. The van der Waals surface area contributed by atoms with Gasteiger partial charge >= 0.3 is 0 Å². The van der Waals surface area contributed by atoms with Gasteiger partial charge in [-0.05, 0) is 30.7 Å². The summed E-state index contributed by atoms with van der Waals surface area (Å²) in [5, 5.41) is 8.88. The molecule has 0 amide bonds. The van der Waals surface area contributed by atoms with Gasteiger partial charge in [0.1, 0.15) is 0 Å². The highest BCUT2D eigenvalue weighted by molar-refractivity contribution is 5.98. The molecule has 0 fully saturated rings. The summed E-state index contributed by atoms with van der Waals surface area (Å²) in [4.78, 5) is 4.44. The number of hydrogen-bond acceptors (Lipinski definition) is 4. The molecule has 0 aliphatic carbocycles. The Hall–Kier alpha value is -2.56. The van der Waals surface area contributed by atoms with E-state index in [-0.39, 0.29) is 0 Å². The van der Waals surface area contributed by atoms with Crippen LogP contribution in [0.15, 0.2) is 36.7 Å². The van der Waals surface area contributed by atoms with Crippen LogP contribution in [0.4, 0.5) is 11.4 Å². The van der Waals surface area contributed by atoms with E-state index < -0.39 is 0 Å². The zero-order valence-electron chi connectivity index (χ0n) is 12.3. The van der Waals surface area contributed by atoms with E-state index in [9.17, 15) is 0 Å². The van der Waals surface area contributed by atoms with Crippen molar-refractivity contribution in [3.63, 3.8) is 0 Å². The number of nitrogens with zero attached hydrogens (tertiary/aromatic N) is 3. The van der Waals surface area contributed by atoms with Crippen molar-refractivity contribution in [2.75, 3.05) is 11.1 Å². The van der Waals surface area contributed by atoms with E-state index in [4.69, 9.17) is 5.73 Å².